The number of hydrogen-bond acceptors (Lipinski definition) is 3. The number of rotatable bonds is 34. The number of esters is 1. The van der Waals surface area contributed by atoms with Crippen LogP contribution in [0.1, 0.15) is 187 Å². The van der Waals surface area contributed by atoms with Gasteiger partial charge in [0, 0.05) is 12.2 Å². The van der Waals surface area contributed by atoms with E-state index in [2.05, 4.69) is 43.4 Å². The summed E-state index contributed by atoms with van der Waals surface area (Å²) in [5.74, 6) is -1.72. The van der Waals surface area contributed by atoms with Crippen molar-refractivity contribution < 1.29 is 19.4 Å². The smallest absolute Gasteiger partial charge is 0.331 e. The Morgan fingerprint density at radius 1 is 0.455 bits per heavy atom. The largest absolute Gasteiger partial charge is 0.478 e. The Balaban J connectivity index is 3.20. The molecule has 0 aliphatic carbocycles. The number of carbonyl (C=O) groups excluding carboxylic acids is 1. The third kappa shape index (κ3) is 37.9. The molecule has 0 bridgehead atoms. The number of carbonyl (C=O) groups is 2. The summed E-state index contributed by atoms with van der Waals surface area (Å²) in [5.41, 5.74) is 0. The van der Waals surface area contributed by atoms with E-state index in [0.29, 0.717) is 6.61 Å². The van der Waals surface area contributed by atoms with Crippen molar-refractivity contribution in [2.45, 2.75) is 187 Å². The van der Waals surface area contributed by atoms with Gasteiger partial charge in [-0.15, -0.1) is 0 Å². The SMILES string of the molecule is CCCCC/C=C\C/C=C\CCCCCCCCCCCCCCCC/C=C\CCCCCCCCOC(=O)/C=C/C(=O)O. The highest BCUT2D eigenvalue weighted by molar-refractivity contribution is 5.90. The normalized spacial score (nSPS) is 12.0. The van der Waals surface area contributed by atoms with Gasteiger partial charge in [0.1, 0.15) is 0 Å². The van der Waals surface area contributed by atoms with Crippen LogP contribution in [0.5, 0.6) is 0 Å². The molecule has 0 saturated carbocycles. The van der Waals surface area contributed by atoms with E-state index in [9.17, 15) is 9.59 Å². The van der Waals surface area contributed by atoms with Crippen molar-refractivity contribution in [1.29, 1.82) is 0 Å². The molecule has 4 heteroatoms. The lowest BCUT2D eigenvalue weighted by atomic mass is 10.0. The number of aliphatic carboxylic acids is 1. The zero-order valence-electron chi connectivity index (χ0n) is 28.8. The van der Waals surface area contributed by atoms with Crippen molar-refractivity contribution in [2.75, 3.05) is 6.61 Å². The average Bonchev–Trinajstić information content (AvgIpc) is 3.02. The topological polar surface area (TPSA) is 63.6 Å². The minimum atomic E-state index is -1.14. The summed E-state index contributed by atoms with van der Waals surface area (Å²) < 4.78 is 4.96. The second-order valence-corrected chi connectivity index (χ2v) is 12.4. The molecule has 0 fully saturated rings. The first-order valence-electron chi connectivity index (χ1n) is 18.7. The highest BCUT2D eigenvalue weighted by Crippen LogP contribution is 2.14. The van der Waals surface area contributed by atoms with Crippen LogP contribution in [0.2, 0.25) is 0 Å². The highest BCUT2D eigenvalue weighted by Gasteiger charge is 1.99. The molecule has 254 valence electrons. The molecule has 0 atom stereocenters. The minimum Gasteiger partial charge on any atom is -0.478 e. The maximum atomic E-state index is 11.2. The Kier molecular flexibility index (Phi) is 35.3. The molecule has 0 unspecified atom stereocenters. The number of ether oxygens (including phenoxy) is 1. The summed E-state index contributed by atoms with van der Waals surface area (Å²) in [7, 11) is 0. The van der Waals surface area contributed by atoms with Crippen molar-refractivity contribution >= 4 is 11.9 Å². The predicted octanol–water partition coefficient (Wildman–Crippen LogP) is 12.8. The lowest BCUT2D eigenvalue weighted by Gasteiger charge is -2.03. The van der Waals surface area contributed by atoms with Gasteiger partial charge in [-0.3, -0.25) is 0 Å². The van der Waals surface area contributed by atoms with Gasteiger partial charge in [0.15, 0.2) is 0 Å². The van der Waals surface area contributed by atoms with Crippen LogP contribution in [0.25, 0.3) is 0 Å². The Morgan fingerprint density at radius 3 is 1.18 bits per heavy atom. The Morgan fingerprint density at radius 2 is 0.795 bits per heavy atom. The number of carboxylic acid groups (broad SMARTS) is 1. The third-order valence-corrected chi connectivity index (χ3v) is 8.11. The molecular formula is C40H70O4. The number of carboxylic acids is 1. The fourth-order valence-corrected chi connectivity index (χ4v) is 5.33. The fraction of sp³-hybridized carbons (Fsp3) is 0.750. The maximum absolute atomic E-state index is 11.2. The minimum absolute atomic E-state index is 0.364. The van der Waals surface area contributed by atoms with Gasteiger partial charge in [0.25, 0.3) is 0 Å². The fourth-order valence-electron chi connectivity index (χ4n) is 5.33. The molecule has 0 aromatic heterocycles. The van der Waals surface area contributed by atoms with Crippen molar-refractivity contribution in [1.82, 2.24) is 0 Å². The quantitative estimate of drug-likeness (QED) is 0.0339. The molecule has 1 N–H and O–H groups in total. The second kappa shape index (κ2) is 37.1. The molecular weight excluding hydrogens is 544 g/mol. The molecule has 0 amide bonds. The van der Waals surface area contributed by atoms with Gasteiger partial charge in [-0.05, 0) is 64.2 Å². The van der Waals surface area contributed by atoms with Gasteiger partial charge in [-0.1, -0.05) is 159 Å². The first kappa shape index (κ1) is 41.9. The van der Waals surface area contributed by atoms with Crippen LogP contribution in [0, 0.1) is 0 Å². The summed E-state index contributed by atoms with van der Waals surface area (Å²) in [6.07, 6.45) is 52.4. The second-order valence-electron chi connectivity index (χ2n) is 12.4. The van der Waals surface area contributed by atoms with Crippen molar-refractivity contribution in [2.24, 2.45) is 0 Å². The summed E-state index contributed by atoms with van der Waals surface area (Å²) in [5, 5.41) is 8.46. The summed E-state index contributed by atoms with van der Waals surface area (Å²) >= 11 is 0. The third-order valence-electron chi connectivity index (χ3n) is 8.11. The van der Waals surface area contributed by atoms with E-state index in [4.69, 9.17) is 9.84 Å². The van der Waals surface area contributed by atoms with Gasteiger partial charge in [0.05, 0.1) is 6.61 Å². The summed E-state index contributed by atoms with van der Waals surface area (Å²) in [6.45, 7) is 2.63. The molecule has 0 rings (SSSR count). The van der Waals surface area contributed by atoms with Crippen molar-refractivity contribution in [3.63, 3.8) is 0 Å². The highest BCUT2D eigenvalue weighted by atomic mass is 16.5. The van der Waals surface area contributed by atoms with Crippen LogP contribution in [0.3, 0.4) is 0 Å². The van der Waals surface area contributed by atoms with Crippen LogP contribution < -0.4 is 0 Å². The Bertz CT molecular complexity index is 734. The van der Waals surface area contributed by atoms with Crippen molar-refractivity contribution in [3.8, 4) is 0 Å². The summed E-state index contributed by atoms with van der Waals surface area (Å²) in [4.78, 5) is 21.6. The Hall–Kier alpha value is -2.10. The van der Waals surface area contributed by atoms with Crippen LogP contribution in [0.4, 0.5) is 0 Å². The molecule has 0 radical (unpaired) electrons. The van der Waals surface area contributed by atoms with Crippen LogP contribution in [0.15, 0.2) is 48.6 Å². The molecule has 0 spiro atoms. The van der Waals surface area contributed by atoms with E-state index < -0.39 is 11.9 Å². The molecule has 0 aliphatic rings. The zero-order chi connectivity index (χ0) is 32.0. The molecule has 0 aromatic rings. The number of allylic oxidation sites excluding steroid dienone is 6. The molecule has 0 heterocycles. The Labute approximate surface area is 272 Å². The van der Waals surface area contributed by atoms with Gasteiger partial charge < -0.3 is 9.84 Å². The molecule has 44 heavy (non-hydrogen) atoms. The lowest BCUT2D eigenvalue weighted by molar-refractivity contribution is -0.138. The van der Waals surface area contributed by atoms with Crippen molar-refractivity contribution in [3.05, 3.63) is 48.6 Å². The lowest BCUT2D eigenvalue weighted by Crippen LogP contribution is -2.03. The molecule has 0 saturated heterocycles. The van der Waals surface area contributed by atoms with E-state index in [1.165, 1.54) is 154 Å². The summed E-state index contributed by atoms with van der Waals surface area (Å²) in [6, 6.07) is 0. The van der Waals surface area contributed by atoms with Crippen LogP contribution >= 0.6 is 0 Å². The van der Waals surface area contributed by atoms with E-state index in [1.54, 1.807) is 0 Å². The zero-order valence-corrected chi connectivity index (χ0v) is 28.8. The first-order valence-corrected chi connectivity index (χ1v) is 18.7. The standard InChI is InChI=1S/C40H70O4/c1-2-3-4-5-6-7-8-9-10-11-12-13-14-15-16-17-18-19-20-21-22-23-24-25-26-27-28-29-30-31-32-33-34-35-38-44-40(43)37-36-39(41)42/h6-7,9-10,27-28,36-37H,2-5,8,11-26,29-35,38H2,1H3,(H,41,42)/b7-6-,10-9-,28-27-,37-36+. The first-order chi connectivity index (χ1) is 21.7. The van der Waals surface area contributed by atoms with Gasteiger partial charge in [-0.2, -0.15) is 0 Å². The predicted molar refractivity (Wildman–Crippen MR) is 190 cm³/mol. The van der Waals surface area contributed by atoms with Gasteiger partial charge in [-0.25, -0.2) is 9.59 Å². The monoisotopic (exact) mass is 615 g/mol. The van der Waals surface area contributed by atoms with E-state index in [-0.39, 0.29) is 0 Å². The number of unbranched alkanes of at least 4 members (excludes halogenated alkanes) is 24. The van der Waals surface area contributed by atoms with Crippen LogP contribution in [-0.2, 0) is 14.3 Å². The molecule has 0 aromatic carbocycles. The van der Waals surface area contributed by atoms with Gasteiger partial charge >= 0.3 is 11.9 Å². The molecule has 4 nitrogen and oxygen atoms in total. The van der Waals surface area contributed by atoms with E-state index in [1.807, 2.05) is 0 Å². The molecule has 0 aliphatic heterocycles. The van der Waals surface area contributed by atoms with Gasteiger partial charge in [0.2, 0.25) is 0 Å². The van der Waals surface area contributed by atoms with E-state index in [0.717, 1.165) is 37.8 Å². The van der Waals surface area contributed by atoms with Crippen LogP contribution in [-0.4, -0.2) is 23.7 Å². The average molecular weight is 615 g/mol. The number of hydrogen-bond donors (Lipinski definition) is 1. The van der Waals surface area contributed by atoms with E-state index >= 15 is 0 Å². The maximum Gasteiger partial charge on any atom is 0.331 e.